The molecule has 0 spiro atoms. The summed E-state index contributed by atoms with van der Waals surface area (Å²) in [6.45, 7) is 8.39. The fraction of sp³-hybridized carbons (Fsp3) is 0.393. The average Bonchev–Trinajstić information content (AvgIpc) is 3.38. The minimum Gasteiger partial charge on any atom is -0.489 e. The number of pyridine rings is 2. The summed E-state index contributed by atoms with van der Waals surface area (Å²) >= 11 is 0. The zero-order chi connectivity index (χ0) is 27.5. The number of aliphatic imine (C=N–C) groups is 2. The Hall–Kier alpha value is -4.27. The van der Waals surface area contributed by atoms with Gasteiger partial charge in [0.25, 0.3) is 0 Å². The summed E-state index contributed by atoms with van der Waals surface area (Å²) in [4.78, 5) is 17.9. The van der Waals surface area contributed by atoms with Crippen molar-refractivity contribution in [1.82, 2.24) is 19.5 Å². The van der Waals surface area contributed by atoms with Crippen molar-refractivity contribution in [2.75, 3.05) is 45.3 Å². The third-order valence-electron chi connectivity index (χ3n) is 7.08. The first-order valence-corrected chi connectivity index (χ1v) is 12.8. The van der Waals surface area contributed by atoms with Crippen molar-refractivity contribution in [2.45, 2.75) is 31.5 Å². The minimum atomic E-state index is -0.603. The lowest BCUT2D eigenvalue weighted by Crippen LogP contribution is -2.69. The molecule has 6 rings (SSSR count). The number of methoxy groups -OCH3 is 1. The summed E-state index contributed by atoms with van der Waals surface area (Å²) in [5.74, 6) is 1.94. The van der Waals surface area contributed by atoms with Gasteiger partial charge in [-0.15, -0.1) is 0 Å². The van der Waals surface area contributed by atoms with Crippen LogP contribution < -0.4 is 9.64 Å². The van der Waals surface area contributed by atoms with E-state index in [9.17, 15) is 10.4 Å². The first-order chi connectivity index (χ1) is 18.9. The quantitative estimate of drug-likeness (QED) is 0.332. The number of nitriles is 1. The van der Waals surface area contributed by atoms with E-state index in [4.69, 9.17) is 14.5 Å². The summed E-state index contributed by atoms with van der Waals surface area (Å²) in [7, 11) is 3.23. The predicted molar refractivity (Wildman–Crippen MR) is 149 cm³/mol. The number of aliphatic hydroxyl groups is 1. The van der Waals surface area contributed by atoms with Crippen molar-refractivity contribution in [2.24, 2.45) is 9.98 Å². The molecule has 0 aromatic carbocycles. The Kier molecular flexibility index (Phi) is 7.58. The van der Waals surface area contributed by atoms with Gasteiger partial charge in [0, 0.05) is 61.8 Å². The molecule has 3 atom stereocenters. The van der Waals surface area contributed by atoms with Gasteiger partial charge in [-0.1, -0.05) is 6.58 Å². The number of aliphatic hydroxyl groups excluding tert-OH is 1. The fourth-order valence-corrected chi connectivity index (χ4v) is 5.16. The van der Waals surface area contributed by atoms with Crippen LogP contribution in [0.15, 0.2) is 59.1 Å². The van der Waals surface area contributed by atoms with Crippen LogP contribution in [0, 0.1) is 11.3 Å². The second-order valence-corrected chi connectivity index (χ2v) is 9.83. The molecule has 6 heterocycles. The second kappa shape index (κ2) is 11.2. The fourth-order valence-electron chi connectivity index (χ4n) is 5.16. The monoisotopic (exact) mass is 528 g/mol. The van der Waals surface area contributed by atoms with Gasteiger partial charge in [0.15, 0.2) is 0 Å². The first kappa shape index (κ1) is 26.3. The third-order valence-corrected chi connectivity index (χ3v) is 7.08. The van der Waals surface area contributed by atoms with Crippen molar-refractivity contribution < 1.29 is 14.6 Å². The van der Waals surface area contributed by atoms with Crippen LogP contribution in [0.25, 0.3) is 16.6 Å². The predicted octanol–water partition coefficient (Wildman–Crippen LogP) is 2.55. The molecule has 3 aliphatic heterocycles. The van der Waals surface area contributed by atoms with Crippen LogP contribution in [0.2, 0.25) is 0 Å². The van der Waals surface area contributed by atoms with Crippen LogP contribution >= 0.6 is 0 Å². The summed E-state index contributed by atoms with van der Waals surface area (Å²) < 4.78 is 12.5. The van der Waals surface area contributed by atoms with Crippen molar-refractivity contribution in [1.29, 1.82) is 5.26 Å². The Bertz CT molecular complexity index is 1440. The zero-order valence-corrected chi connectivity index (χ0v) is 22.4. The summed E-state index contributed by atoms with van der Waals surface area (Å²) in [5.41, 5.74) is 3.59. The van der Waals surface area contributed by atoms with E-state index >= 15 is 0 Å². The van der Waals surface area contributed by atoms with E-state index in [1.807, 2.05) is 24.4 Å². The maximum atomic E-state index is 9.63. The van der Waals surface area contributed by atoms with Gasteiger partial charge in [-0.25, -0.2) is 9.50 Å². The van der Waals surface area contributed by atoms with E-state index < -0.39 is 6.10 Å². The normalized spacial score (nSPS) is 20.1. The van der Waals surface area contributed by atoms with Crippen molar-refractivity contribution in [3.63, 3.8) is 0 Å². The Labute approximate surface area is 227 Å². The van der Waals surface area contributed by atoms with Gasteiger partial charge in [0.05, 0.1) is 42.9 Å². The smallest absolute Gasteiger partial charge is 0.227 e. The van der Waals surface area contributed by atoms with Gasteiger partial charge < -0.3 is 19.5 Å². The second-order valence-electron chi connectivity index (χ2n) is 9.83. The number of rotatable bonds is 9. The molecule has 2 bridgehead atoms. The molecule has 0 aliphatic carbocycles. The molecule has 11 heteroatoms. The molecule has 11 nitrogen and oxygen atoms in total. The molecule has 2 unspecified atom stereocenters. The summed E-state index contributed by atoms with van der Waals surface area (Å²) in [6.07, 6.45) is 7.23. The third kappa shape index (κ3) is 5.48. The maximum Gasteiger partial charge on any atom is 0.227 e. The Morgan fingerprint density at radius 1 is 1.33 bits per heavy atom. The van der Waals surface area contributed by atoms with Gasteiger partial charge in [-0.05, 0) is 31.5 Å². The highest BCUT2D eigenvalue weighted by molar-refractivity contribution is 6.26. The van der Waals surface area contributed by atoms with E-state index in [1.54, 1.807) is 44.2 Å². The van der Waals surface area contributed by atoms with E-state index in [0.717, 1.165) is 42.2 Å². The molecule has 39 heavy (non-hydrogen) atoms. The SMILES string of the molecule is C=C(CN1C2CC1CN(c1ccc(-c3cc(OC[C@@H](C)O)cn4ncc(C#N)c34)cn1)C2)/N=C\C(=N/C)OC. The Balaban J connectivity index is 1.29. The minimum absolute atomic E-state index is 0.156. The Morgan fingerprint density at radius 3 is 2.77 bits per heavy atom. The van der Waals surface area contributed by atoms with Crippen LogP contribution in [0.1, 0.15) is 18.9 Å². The molecular formula is C28H32N8O3. The summed E-state index contributed by atoms with van der Waals surface area (Å²) in [5, 5.41) is 23.6. The number of fused-ring (bicyclic) bond motifs is 3. The topological polar surface area (TPSA) is 124 Å². The van der Waals surface area contributed by atoms with E-state index in [1.165, 1.54) is 0 Å². The highest BCUT2D eigenvalue weighted by Crippen LogP contribution is 2.36. The van der Waals surface area contributed by atoms with E-state index in [2.05, 4.69) is 37.5 Å². The van der Waals surface area contributed by atoms with E-state index in [0.29, 0.717) is 41.4 Å². The van der Waals surface area contributed by atoms with Gasteiger partial charge in [0.2, 0.25) is 5.90 Å². The number of hydrogen-bond acceptors (Lipinski definition) is 10. The van der Waals surface area contributed by atoms with Crippen LogP contribution in [0.3, 0.4) is 0 Å². The first-order valence-electron chi connectivity index (χ1n) is 12.8. The van der Waals surface area contributed by atoms with Gasteiger partial charge >= 0.3 is 0 Å². The van der Waals surface area contributed by atoms with Crippen molar-refractivity contribution >= 4 is 23.4 Å². The molecule has 3 saturated heterocycles. The molecule has 3 aromatic rings. The highest BCUT2D eigenvalue weighted by Gasteiger charge is 2.44. The number of anilines is 1. The highest BCUT2D eigenvalue weighted by atomic mass is 16.5. The molecule has 202 valence electrons. The molecule has 0 radical (unpaired) electrons. The molecule has 3 aromatic heterocycles. The lowest BCUT2D eigenvalue weighted by Gasteiger charge is -2.56. The van der Waals surface area contributed by atoms with Gasteiger partial charge in [-0.2, -0.15) is 10.4 Å². The number of aromatic nitrogens is 3. The number of piperidine rings is 1. The van der Waals surface area contributed by atoms with Crippen molar-refractivity contribution in [3.8, 4) is 22.9 Å². The Morgan fingerprint density at radius 2 is 2.13 bits per heavy atom. The van der Waals surface area contributed by atoms with Crippen LogP contribution in [-0.2, 0) is 4.74 Å². The number of piperazine rings is 1. The lowest BCUT2D eigenvalue weighted by molar-refractivity contribution is 0.00802. The number of ether oxygens (including phenoxy) is 2. The van der Waals surface area contributed by atoms with E-state index in [-0.39, 0.29) is 6.61 Å². The van der Waals surface area contributed by atoms with Gasteiger partial charge in [0.1, 0.15) is 24.2 Å². The lowest BCUT2D eigenvalue weighted by atomic mass is 9.87. The van der Waals surface area contributed by atoms with Crippen molar-refractivity contribution in [3.05, 3.63) is 54.6 Å². The van der Waals surface area contributed by atoms with Crippen LogP contribution in [-0.4, -0.2) is 95.3 Å². The zero-order valence-electron chi connectivity index (χ0n) is 22.4. The number of hydrogen-bond donors (Lipinski definition) is 1. The molecule has 0 amide bonds. The molecule has 3 fully saturated rings. The molecule has 3 aliphatic rings. The maximum absolute atomic E-state index is 9.63. The molecule has 1 N–H and O–H groups in total. The van der Waals surface area contributed by atoms with Crippen LogP contribution in [0.4, 0.5) is 5.82 Å². The largest absolute Gasteiger partial charge is 0.489 e. The average molecular weight is 529 g/mol. The molecule has 0 saturated carbocycles. The van der Waals surface area contributed by atoms with Gasteiger partial charge in [-0.3, -0.25) is 14.9 Å². The molecular weight excluding hydrogens is 496 g/mol. The van der Waals surface area contributed by atoms with Crippen LogP contribution in [0.5, 0.6) is 5.75 Å². The standard InChI is InChI=1S/C28H32N8O3/c1-18(31-12-27(30-3)38-4)13-35-22-7-23(35)15-34(14-22)26-6-5-20(10-32-26)25-8-24(39-17-19(2)37)16-36-28(25)21(9-29)11-33-36/h5-6,8,10-12,16,19,22-23,37H,1,7,13-15,17H2,2-4H3/b30-27+,31-12-/t19-,22?,23?/m1/s1. The number of nitrogens with zero attached hydrogens (tertiary/aromatic N) is 8. The summed E-state index contributed by atoms with van der Waals surface area (Å²) in [6, 6.07) is 8.96.